The average molecular weight is 331 g/mol. The van der Waals surface area contributed by atoms with Crippen LogP contribution in [0.4, 0.5) is 0 Å². The number of aryl methyl sites for hydroxylation is 1. The van der Waals surface area contributed by atoms with Gasteiger partial charge in [-0.15, -0.1) is 0 Å². The molecule has 0 saturated carbocycles. The van der Waals surface area contributed by atoms with E-state index in [0.717, 1.165) is 0 Å². The summed E-state index contributed by atoms with van der Waals surface area (Å²) in [5, 5.41) is 2.39. The van der Waals surface area contributed by atoms with Crippen LogP contribution in [0.5, 0.6) is 0 Å². The fraction of sp³-hybridized carbons (Fsp3) is 0.692. The van der Waals surface area contributed by atoms with Gasteiger partial charge in [0.15, 0.2) is 0 Å². The molecule has 0 atom stereocenters. The van der Waals surface area contributed by atoms with Crippen molar-refractivity contribution in [3.05, 3.63) is 17.0 Å². The van der Waals surface area contributed by atoms with Crippen molar-refractivity contribution >= 4 is 32.6 Å². The van der Waals surface area contributed by atoms with E-state index in [2.05, 4.69) is 33.2 Å². The first-order valence-electron chi connectivity index (χ1n) is 6.12. The third-order valence-corrected chi connectivity index (χ3v) is 13.3. The molecule has 0 amide bonds. The van der Waals surface area contributed by atoms with Crippen LogP contribution in [0.2, 0.25) is 14.8 Å². The van der Waals surface area contributed by atoms with Crippen molar-refractivity contribution in [1.29, 1.82) is 0 Å². The summed E-state index contributed by atoms with van der Waals surface area (Å²) in [6.45, 7) is 2.27. The number of rotatable bonds is 6. The topological polar surface area (TPSA) is 0 Å². The normalized spacial score (nSPS) is 12.0. The zero-order valence-corrected chi connectivity index (χ0v) is 14.3. The summed E-state index contributed by atoms with van der Waals surface area (Å²) in [5.74, 6) is 0. The fourth-order valence-corrected chi connectivity index (χ4v) is 7.99. The van der Waals surface area contributed by atoms with Crippen molar-refractivity contribution in [2.75, 3.05) is 0 Å². The summed E-state index contributed by atoms with van der Waals surface area (Å²) in [6.07, 6.45) is 6.82. The molecule has 1 heterocycles. The molecule has 0 fully saturated rings. The molecule has 0 spiro atoms. The van der Waals surface area contributed by atoms with Crippen molar-refractivity contribution in [2.24, 2.45) is 0 Å². The van der Waals surface area contributed by atoms with Gasteiger partial charge in [0.2, 0.25) is 0 Å². The van der Waals surface area contributed by atoms with Crippen LogP contribution in [-0.4, -0.2) is 18.4 Å². The molecular formula is C13H24SSn. The van der Waals surface area contributed by atoms with Crippen LogP contribution in [0.15, 0.2) is 11.4 Å². The molecule has 0 aromatic carbocycles. The molecule has 1 aromatic rings. The Bertz CT molecular complexity index is 283. The summed E-state index contributed by atoms with van der Waals surface area (Å²) in [5.41, 5.74) is 1.60. The molecule has 0 aliphatic carbocycles. The zero-order chi connectivity index (χ0) is 11.3. The van der Waals surface area contributed by atoms with Gasteiger partial charge in [-0.25, -0.2) is 0 Å². The van der Waals surface area contributed by atoms with Crippen LogP contribution in [0.3, 0.4) is 0 Å². The first-order chi connectivity index (χ1) is 7.04. The van der Waals surface area contributed by atoms with E-state index in [4.69, 9.17) is 0 Å². The maximum absolute atomic E-state index is 2.50. The third-order valence-electron chi connectivity index (χ3n) is 2.71. The Morgan fingerprint density at radius 1 is 1.13 bits per heavy atom. The van der Waals surface area contributed by atoms with E-state index >= 15 is 0 Å². The molecule has 0 aliphatic rings. The summed E-state index contributed by atoms with van der Waals surface area (Å²) in [7, 11) is 0. The number of hydrogen-bond donors (Lipinski definition) is 0. The van der Waals surface area contributed by atoms with Gasteiger partial charge >= 0.3 is 103 Å². The first kappa shape index (κ1) is 13.6. The zero-order valence-electron chi connectivity index (χ0n) is 10.6. The Morgan fingerprint density at radius 2 is 1.87 bits per heavy atom. The molecule has 0 aliphatic heterocycles. The molecule has 1 aromatic heterocycles. The molecule has 0 N–H and O–H groups in total. The van der Waals surface area contributed by atoms with Gasteiger partial charge < -0.3 is 0 Å². The third kappa shape index (κ3) is 4.90. The van der Waals surface area contributed by atoms with Crippen molar-refractivity contribution in [3.8, 4) is 0 Å². The Labute approximate surface area is 103 Å². The van der Waals surface area contributed by atoms with E-state index in [1.807, 2.05) is 11.3 Å². The van der Waals surface area contributed by atoms with Crippen molar-refractivity contribution in [2.45, 2.75) is 53.8 Å². The van der Waals surface area contributed by atoms with Crippen LogP contribution in [-0.2, 0) is 6.42 Å². The van der Waals surface area contributed by atoms with E-state index in [0.29, 0.717) is 0 Å². The van der Waals surface area contributed by atoms with Crippen molar-refractivity contribution in [3.63, 3.8) is 0 Å². The van der Waals surface area contributed by atoms with E-state index in [-0.39, 0.29) is 0 Å². The predicted molar refractivity (Wildman–Crippen MR) is 75.1 cm³/mol. The molecule has 0 unspecified atom stereocenters. The Kier molecular flexibility index (Phi) is 5.69. The second kappa shape index (κ2) is 6.29. The monoisotopic (exact) mass is 332 g/mol. The van der Waals surface area contributed by atoms with E-state index in [9.17, 15) is 0 Å². The minimum absolute atomic E-state index is 1.30. The van der Waals surface area contributed by atoms with Gasteiger partial charge in [-0.05, 0) is 0 Å². The molecule has 86 valence electrons. The van der Waals surface area contributed by atoms with Gasteiger partial charge in [-0.1, -0.05) is 0 Å². The van der Waals surface area contributed by atoms with Crippen LogP contribution in [0.25, 0.3) is 0 Å². The molecular weight excluding hydrogens is 307 g/mol. The van der Waals surface area contributed by atoms with Gasteiger partial charge in [0.25, 0.3) is 0 Å². The van der Waals surface area contributed by atoms with Gasteiger partial charge in [-0.3, -0.25) is 0 Å². The molecule has 1 rings (SSSR count). The molecule has 15 heavy (non-hydrogen) atoms. The summed E-state index contributed by atoms with van der Waals surface area (Å²) >= 11 is 0.262. The second-order valence-electron chi connectivity index (χ2n) is 5.38. The standard InChI is InChI=1S/C10H15S.3CH3.Sn/c1-2-3-4-5-6-10-7-8-11-9-10;;;;/h7,9H,2-6H2,1H3;3*1H3;. The van der Waals surface area contributed by atoms with Gasteiger partial charge in [-0.2, -0.15) is 0 Å². The van der Waals surface area contributed by atoms with Crippen molar-refractivity contribution < 1.29 is 0 Å². The molecule has 0 nitrogen and oxygen atoms in total. The second-order valence-corrected chi connectivity index (χ2v) is 21.7. The minimum atomic E-state index is -1.75. The van der Waals surface area contributed by atoms with Crippen LogP contribution in [0, 0.1) is 0 Å². The van der Waals surface area contributed by atoms with E-state index < -0.39 is 18.4 Å². The van der Waals surface area contributed by atoms with Crippen LogP contribution in [0.1, 0.15) is 38.2 Å². The molecule has 2 heteroatoms. The quantitative estimate of drug-likeness (QED) is 0.535. The summed E-state index contributed by atoms with van der Waals surface area (Å²) < 4.78 is 1.73. The Morgan fingerprint density at radius 3 is 2.40 bits per heavy atom. The number of hydrogen-bond acceptors (Lipinski definition) is 1. The van der Waals surface area contributed by atoms with E-state index in [1.54, 1.807) is 8.46 Å². The number of thiophene rings is 1. The summed E-state index contributed by atoms with van der Waals surface area (Å²) in [4.78, 5) is 7.50. The molecule has 0 radical (unpaired) electrons. The maximum atomic E-state index is 2.50. The number of unbranched alkanes of at least 4 members (excludes halogenated alkanes) is 3. The molecule has 0 saturated heterocycles. The van der Waals surface area contributed by atoms with Crippen molar-refractivity contribution in [1.82, 2.24) is 0 Å². The predicted octanol–water partition coefficient (Wildman–Crippen LogP) is 4.42. The first-order valence-corrected chi connectivity index (χ1v) is 17.0. The fourth-order valence-electron chi connectivity index (χ4n) is 1.66. The summed E-state index contributed by atoms with van der Waals surface area (Å²) in [6, 6.07) is 2.49. The van der Waals surface area contributed by atoms with Gasteiger partial charge in [0, 0.05) is 0 Å². The van der Waals surface area contributed by atoms with Crippen LogP contribution < -0.4 is 2.89 Å². The Hall–Kier alpha value is 0.499. The van der Waals surface area contributed by atoms with Gasteiger partial charge in [0.05, 0.1) is 0 Å². The van der Waals surface area contributed by atoms with E-state index in [1.165, 1.54) is 32.1 Å². The SMILES string of the molecule is CCCCCCc1cs[c]([Sn]([CH3])([CH3])[CH3])c1. The average Bonchev–Trinajstić information content (AvgIpc) is 2.60. The Balaban J connectivity index is 2.40. The molecule has 0 bridgehead atoms. The van der Waals surface area contributed by atoms with Crippen LogP contribution >= 0.6 is 11.3 Å². The van der Waals surface area contributed by atoms with Gasteiger partial charge in [0.1, 0.15) is 0 Å².